The van der Waals surface area contributed by atoms with Gasteiger partial charge in [-0.15, -0.1) is 0 Å². The lowest BCUT2D eigenvalue weighted by Gasteiger charge is -2.67. The van der Waals surface area contributed by atoms with E-state index < -0.39 is 0 Å². The van der Waals surface area contributed by atoms with Gasteiger partial charge in [0.15, 0.2) is 0 Å². The summed E-state index contributed by atoms with van der Waals surface area (Å²) in [5.74, 6) is 0.825. The number of allylic oxidation sites excluding steroid dienone is 7. The van der Waals surface area contributed by atoms with Crippen LogP contribution in [0.25, 0.3) is 5.57 Å². The Labute approximate surface area is 247 Å². The molecule has 40 heavy (non-hydrogen) atoms. The van der Waals surface area contributed by atoms with Gasteiger partial charge in [-0.25, -0.2) is 0 Å². The van der Waals surface area contributed by atoms with Crippen LogP contribution in [0.15, 0.2) is 59.2 Å². The Kier molecular flexibility index (Phi) is 6.91. The molecule has 5 atom stereocenters. The van der Waals surface area contributed by atoms with Crippen molar-refractivity contribution in [1.29, 1.82) is 0 Å². The van der Waals surface area contributed by atoms with Crippen LogP contribution in [-0.2, 0) is 11.8 Å². The first kappa shape index (κ1) is 30.9. The van der Waals surface area contributed by atoms with E-state index in [1.165, 1.54) is 55.7 Å². The first-order valence-corrected chi connectivity index (χ1v) is 15.6. The van der Waals surface area contributed by atoms with Crippen LogP contribution >= 0.6 is 0 Å². The fraction of sp³-hybridized carbons (Fsp3) is 0.600. The Hall–Kier alpha value is -2.08. The topological polar surface area (TPSA) is 0 Å². The van der Waals surface area contributed by atoms with Gasteiger partial charge in [0.05, 0.1) is 0 Å². The maximum atomic E-state index is 4.99. The third kappa shape index (κ3) is 3.83. The Morgan fingerprint density at radius 2 is 1.52 bits per heavy atom. The van der Waals surface area contributed by atoms with E-state index in [4.69, 9.17) is 13.2 Å². The summed E-state index contributed by atoms with van der Waals surface area (Å²) in [5, 5.41) is 0. The fourth-order valence-electron chi connectivity index (χ4n) is 9.87. The van der Waals surface area contributed by atoms with Gasteiger partial charge in [0, 0.05) is 10.8 Å². The van der Waals surface area contributed by atoms with Crippen molar-refractivity contribution in [2.75, 3.05) is 0 Å². The quantitative estimate of drug-likeness (QED) is 0.351. The number of hydrogen-bond acceptors (Lipinski definition) is 0. The Morgan fingerprint density at radius 3 is 2.00 bits per heavy atom. The molecule has 0 fully saturated rings. The summed E-state index contributed by atoms with van der Waals surface area (Å²) < 4.78 is 0. The Balaban J connectivity index is 2.15. The van der Waals surface area contributed by atoms with Crippen molar-refractivity contribution in [1.82, 2.24) is 0 Å². The highest BCUT2D eigenvalue weighted by Crippen LogP contribution is 2.74. The van der Waals surface area contributed by atoms with E-state index in [2.05, 4.69) is 117 Å². The molecule has 0 saturated heterocycles. The Morgan fingerprint density at radius 1 is 0.975 bits per heavy atom. The molecule has 0 spiro atoms. The summed E-state index contributed by atoms with van der Waals surface area (Å²) in [7, 11) is 0. The molecule has 0 unspecified atom stereocenters. The molecular formula is C40H58. The SMILES string of the molecule is C=C(C)C1=C(C)C[C@@]2(C)[C@H](C)[C@]3(C)C(=C(C)[C@@]2(C)C1=C)C(=C)c1c(C)c(C(C)(C)C)cc(CC(C)(C)C)c1[C@H]3C. The monoisotopic (exact) mass is 538 g/mol. The van der Waals surface area contributed by atoms with Gasteiger partial charge in [0.25, 0.3) is 0 Å². The summed E-state index contributed by atoms with van der Waals surface area (Å²) in [6.07, 6.45) is 2.16. The van der Waals surface area contributed by atoms with E-state index in [9.17, 15) is 0 Å². The second-order valence-corrected chi connectivity index (χ2v) is 16.8. The van der Waals surface area contributed by atoms with Crippen molar-refractivity contribution >= 4 is 5.57 Å². The summed E-state index contributed by atoms with van der Waals surface area (Å²) in [5.41, 5.74) is 17.0. The normalized spacial score (nSPS) is 32.7. The highest BCUT2D eigenvalue weighted by molar-refractivity contribution is 5.88. The third-order valence-corrected chi connectivity index (χ3v) is 12.2. The maximum Gasteiger partial charge on any atom is 0.0196 e. The molecule has 0 N–H and O–H groups in total. The van der Waals surface area contributed by atoms with E-state index in [1.54, 1.807) is 5.56 Å². The second kappa shape index (κ2) is 8.96. The number of rotatable bonds is 2. The molecule has 0 heteroatoms. The molecule has 0 saturated carbocycles. The molecule has 1 aromatic carbocycles. The standard InChI is InChI=1S/C40H58/c1-22(2)32-23(3)20-38(16)29(9)39(17)26(6)34-30(21-36(10,11)12)19-31(37(13,14)15)24(4)33(34)25(5)35(39)28(8)40(38,18)27(32)7/h19,26,29H,1,5,7,20-21H2,2-4,6,8-18H3/t26-,29+,38+,39-,40-/m1/s1. The molecular weight excluding hydrogens is 480 g/mol. The highest BCUT2D eigenvalue weighted by Gasteiger charge is 2.65. The molecule has 1 aromatic rings. The van der Waals surface area contributed by atoms with Crippen molar-refractivity contribution in [2.24, 2.45) is 27.6 Å². The minimum absolute atomic E-state index is 0.0218. The molecule has 0 bridgehead atoms. The second-order valence-electron chi connectivity index (χ2n) is 16.8. The van der Waals surface area contributed by atoms with Gasteiger partial charge < -0.3 is 0 Å². The van der Waals surface area contributed by atoms with Gasteiger partial charge in [-0.1, -0.05) is 119 Å². The molecule has 4 rings (SSSR count). The molecule has 0 aliphatic heterocycles. The van der Waals surface area contributed by atoms with Crippen molar-refractivity contribution in [3.05, 3.63) is 87.1 Å². The van der Waals surface area contributed by atoms with Gasteiger partial charge in [0.1, 0.15) is 0 Å². The zero-order chi connectivity index (χ0) is 30.7. The van der Waals surface area contributed by atoms with Gasteiger partial charge in [0.2, 0.25) is 0 Å². The van der Waals surface area contributed by atoms with E-state index in [0.717, 1.165) is 18.4 Å². The predicted octanol–water partition coefficient (Wildman–Crippen LogP) is 11.8. The number of fused-ring (bicyclic) bond motifs is 3. The van der Waals surface area contributed by atoms with Crippen LogP contribution in [0, 0.1) is 34.5 Å². The van der Waals surface area contributed by atoms with Crippen molar-refractivity contribution in [2.45, 2.75) is 128 Å². The summed E-state index contributed by atoms with van der Waals surface area (Å²) in [6.45, 7) is 50.4. The molecule has 0 aromatic heterocycles. The zero-order valence-corrected chi connectivity index (χ0v) is 28.8. The predicted molar refractivity (Wildman–Crippen MR) is 178 cm³/mol. The van der Waals surface area contributed by atoms with Gasteiger partial charge >= 0.3 is 0 Å². The van der Waals surface area contributed by atoms with Crippen molar-refractivity contribution < 1.29 is 0 Å². The first-order valence-electron chi connectivity index (χ1n) is 15.6. The third-order valence-electron chi connectivity index (χ3n) is 12.2. The first-order chi connectivity index (χ1) is 18.0. The Bertz CT molecular complexity index is 1400. The van der Waals surface area contributed by atoms with E-state index in [0.29, 0.717) is 11.8 Å². The molecule has 0 radical (unpaired) electrons. The minimum Gasteiger partial charge on any atom is -0.0955 e. The minimum atomic E-state index is -0.154. The molecule has 0 amide bonds. The average molecular weight is 539 g/mol. The molecule has 3 aliphatic carbocycles. The van der Waals surface area contributed by atoms with E-state index in [-0.39, 0.29) is 27.1 Å². The molecule has 0 nitrogen and oxygen atoms in total. The van der Waals surface area contributed by atoms with Gasteiger partial charge in [-0.05, 0) is 119 Å². The molecule has 218 valence electrons. The fourth-order valence-corrected chi connectivity index (χ4v) is 9.87. The van der Waals surface area contributed by atoms with Gasteiger partial charge in [-0.3, -0.25) is 0 Å². The summed E-state index contributed by atoms with van der Waals surface area (Å²) >= 11 is 0. The van der Waals surface area contributed by atoms with Crippen LogP contribution in [0.1, 0.15) is 137 Å². The van der Waals surface area contributed by atoms with Crippen molar-refractivity contribution in [3.8, 4) is 0 Å². The number of benzene rings is 1. The smallest absolute Gasteiger partial charge is 0.0196 e. The largest absolute Gasteiger partial charge is 0.0955 e. The van der Waals surface area contributed by atoms with Crippen molar-refractivity contribution in [3.63, 3.8) is 0 Å². The lowest BCUT2D eigenvalue weighted by atomic mass is 9.36. The van der Waals surface area contributed by atoms with Crippen LogP contribution in [0.5, 0.6) is 0 Å². The zero-order valence-electron chi connectivity index (χ0n) is 28.8. The summed E-state index contributed by atoms with van der Waals surface area (Å²) in [4.78, 5) is 0. The maximum absolute atomic E-state index is 4.99. The number of hydrogen-bond donors (Lipinski definition) is 0. The highest BCUT2D eigenvalue weighted by atomic mass is 14.7. The lowest BCUT2D eigenvalue weighted by Crippen LogP contribution is -2.58. The van der Waals surface area contributed by atoms with Crippen LogP contribution in [0.3, 0.4) is 0 Å². The lowest BCUT2D eigenvalue weighted by molar-refractivity contribution is -0.0262. The van der Waals surface area contributed by atoms with E-state index in [1.807, 2.05) is 0 Å². The van der Waals surface area contributed by atoms with Gasteiger partial charge in [-0.2, -0.15) is 0 Å². The molecule has 3 aliphatic rings. The van der Waals surface area contributed by atoms with E-state index >= 15 is 0 Å². The van der Waals surface area contributed by atoms with Crippen LogP contribution < -0.4 is 0 Å². The van der Waals surface area contributed by atoms with Crippen LogP contribution in [0.4, 0.5) is 0 Å². The van der Waals surface area contributed by atoms with Crippen LogP contribution in [0.2, 0.25) is 0 Å². The van der Waals surface area contributed by atoms with Crippen LogP contribution in [-0.4, -0.2) is 0 Å². The molecule has 0 heterocycles. The summed E-state index contributed by atoms with van der Waals surface area (Å²) in [6, 6.07) is 2.57. The average Bonchev–Trinajstić information content (AvgIpc) is 2.78.